The molecule has 2 aliphatic heterocycles. The van der Waals surface area contributed by atoms with E-state index in [-0.39, 0.29) is 17.0 Å². The summed E-state index contributed by atoms with van der Waals surface area (Å²) in [5.41, 5.74) is 0.0574. The summed E-state index contributed by atoms with van der Waals surface area (Å²) in [7, 11) is 0. The molecule has 2 spiro atoms. The van der Waals surface area contributed by atoms with E-state index in [2.05, 4.69) is 16.0 Å². The first-order chi connectivity index (χ1) is 17.9. The van der Waals surface area contributed by atoms with Crippen LogP contribution >= 0.6 is 23.2 Å². The Balaban J connectivity index is 1.56. The number of nitrogens with one attached hydrogen (secondary N) is 3. The molecule has 3 fully saturated rings. The number of carbonyl (C=O) groups is 1. The minimum atomic E-state index is -1.13. The van der Waals surface area contributed by atoms with E-state index < -0.39 is 35.0 Å². The van der Waals surface area contributed by atoms with Gasteiger partial charge in [0, 0.05) is 28.2 Å². The summed E-state index contributed by atoms with van der Waals surface area (Å²) in [5.74, 6) is -1.39. The van der Waals surface area contributed by atoms with Crippen molar-refractivity contribution in [2.45, 2.75) is 99.4 Å². The van der Waals surface area contributed by atoms with Gasteiger partial charge in [-0.1, -0.05) is 79.9 Å². The van der Waals surface area contributed by atoms with E-state index in [0.29, 0.717) is 16.3 Å². The third-order valence-electron chi connectivity index (χ3n) is 9.41. The third kappa shape index (κ3) is 3.94. The van der Waals surface area contributed by atoms with Crippen LogP contribution in [0.25, 0.3) is 0 Å². The van der Waals surface area contributed by atoms with Gasteiger partial charge in [-0.05, 0) is 55.0 Å². The first-order valence-electron chi connectivity index (χ1n) is 13.6. The number of rotatable bonds is 4. The molecule has 2 aliphatic carbocycles. The molecular weight excluding hydrogens is 512 g/mol. The minimum absolute atomic E-state index is 0.0143. The lowest BCUT2D eigenvalue weighted by Gasteiger charge is -2.47. The Hall–Kier alpha value is -1.70. The third-order valence-corrected chi connectivity index (χ3v) is 9.94. The van der Waals surface area contributed by atoms with Crippen molar-refractivity contribution in [1.29, 1.82) is 0 Å². The van der Waals surface area contributed by atoms with E-state index in [9.17, 15) is 9.90 Å². The molecule has 0 aromatic heterocycles. The van der Waals surface area contributed by atoms with Crippen molar-refractivity contribution < 1.29 is 14.3 Å². The van der Waals surface area contributed by atoms with Crippen molar-refractivity contribution >= 4 is 34.8 Å². The SMILES string of the molecule is O=C1Nc2cc(Cl)ccc2C12C(c1cccc(Cl)c1F)C(C(O)NC1CCCCC1)NC21CCCCC1. The van der Waals surface area contributed by atoms with Gasteiger partial charge in [-0.25, -0.2) is 4.39 Å². The first kappa shape index (κ1) is 25.6. The lowest BCUT2D eigenvalue weighted by molar-refractivity contribution is -0.124. The van der Waals surface area contributed by atoms with Crippen molar-refractivity contribution in [2.75, 3.05) is 5.32 Å². The van der Waals surface area contributed by atoms with Crippen LogP contribution in [0.1, 0.15) is 81.3 Å². The summed E-state index contributed by atoms with van der Waals surface area (Å²) in [6.45, 7) is 0. The van der Waals surface area contributed by atoms with Crippen molar-refractivity contribution in [1.82, 2.24) is 10.6 Å². The van der Waals surface area contributed by atoms with Gasteiger partial charge in [0.1, 0.15) is 17.5 Å². The summed E-state index contributed by atoms with van der Waals surface area (Å²) < 4.78 is 15.9. The lowest BCUT2D eigenvalue weighted by Crippen LogP contribution is -2.60. The van der Waals surface area contributed by atoms with Gasteiger partial charge < -0.3 is 15.7 Å². The Bertz CT molecular complexity index is 1200. The number of fused-ring (bicyclic) bond motifs is 3. The molecule has 4 N–H and O–H groups in total. The van der Waals surface area contributed by atoms with Crippen LogP contribution in [0, 0.1) is 5.82 Å². The molecule has 4 unspecified atom stereocenters. The van der Waals surface area contributed by atoms with Crippen molar-refractivity contribution in [3.63, 3.8) is 0 Å². The van der Waals surface area contributed by atoms with E-state index in [1.807, 2.05) is 6.07 Å². The highest BCUT2D eigenvalue weighted by Gasteiger charge is 2.72. The standard InChI is InChI=1S/C29H34Cl2FN3O2/c30-17-12-13-20-22(16-17)34-27(37)29(20)23(19-10-7-11-21(31)24(19)32)25(35-28(29)14-5-2-6-15-28)26(36)33-18-8-3-1-4-9-18/h7,10-13,16,18,23,25-26,33,35-36H,1-6,8-9,14-15H2,(H,34,37). The molecule has 8 heteroatoms. The predicted molar refractivity (Wildman–Crippen MR) is 145 cm³/mol. The van der Waals surface area contributed by atoms with Gasteiger partial charge in [-0.3, -0.25) is 10.1 Å². The van der Waals surface area contributed by atoms with Crippen LogP contribution in [0.3, 0.4) is 0 Å². The number of amides is 1. The van der Waals surface area contributed by atoms with Gasteiger partial charge in [0.25, 0.3) is 0 Å². The second-order valence-corrected chi connectivity index (χ2v) is 12.2. The number of aliphatic hydroxyl groups is 1. The zero-order chi connectivity index (χ0) is 25.8. The molecule has 0 bridgehead atoms. The minimum Gasteiger partial charge on any atom is -0.377 e. The Morgan fingerprint density at radius 2 is 1.76 bits per heavy atom. The number of hydrogen-bond acceptors (Lipinski definition) is 4. The Kier molecular flexibility index (Phi) is 6.77. The van der Waals surface area contributed by atoms with E-state index in [0.717, 1.165) is 63.4 Å². The highest BCUT2D eigenvalue weighted by Crippen LogP contribution is 2.63. The van der Waals surface area contributed by atoms with E-state index in [1.165, 1.54) is 12.5 Å². The summed E-state index contributed by atoms with van der Waals surface area (Å²) in [4.78, 5) is 14.3. The molecule has 1 saturated heterocycles. The Morgan fingerprint density at radius 3 is 2.51 bits per heavy atom. The van der Waals surface area contributed by atoms with Gasteiger partial charge in [0.15, 0.2) is 0 Å². The largest absolute Gasteiger partial charge is 0.377 e. The summed E-state index contributed by atoms with van der Waals surface area (Å²) in [6.07, 6.45) is 8.99. The summed E-state index contributed by atoms with van der Waals surface area (Å²) in [6, 6.07) is 10.1. The molecule has 4 aliphatic rings. The van der Waals surface area contributed by atoms with Gasteiger partial charge >= 0.3 is 0 Å². The number of anilines is 1. The number of carbonyl (C=O) groups excluding carboxylic acids is 1. The Morgan fingerprint density at radius 1 is 1.03 bits per heavy atom. The maximum absolute atomic E-state index is 15.9. The monoisotopic (exact) mass is 545 g/mol. The van der Waals surface area contributed by atoms with Crippen LogP contribution in [0.15, 0.2) is 36.4 Å². The average Bonchev–Trinajstić information content (AvgIpc) is 3.34. The van der Waals surface area contributed by atoms with Gasteiger partial charge in [-0.2, -0.15) is 0 Å². The molecule has 2 heterocycles. The number of aliphatic hydroxyl groups excluding tert-OH is 1. The molecule has 4 atom stereocenters. The van der Waals surface area contributed by atoms with Crippen LogP contribution in [-0.2, 0) is 10.2 Å². The molecule has 198 valence electrons. The summed E-state index contributed by atoms with van der Waals surface area (Å²) in [5, 5.41) is 22.6. The second-order valence-electron chi connectivity index (χ2n) is 11.3. The van der Waals surface area contributed by atoms with Crippen LogP contribution in [-0.4, -0.2) is 34.9 Å². The van der Waals surface area contributed by atoms with Gasteiger partial charge in [-0.15, -0.1) is 0 Å². The van der Waals surface area contributed by atoms with E-state index in [1.54, 1.807) is 24.3 Å². The average molecular weight is 547 g/mol. The van der Waals surface area contributed by atoms with Crippen LogP contribution in [0.4, 0.5) is 10.1 Å². The quantitative estimate of drug-likeness (QED) is 0.354. The smallest absolute Gasteiger partial charge is 0.237 e. The molecule has 2 aromatic carbocycles. The van der Waals surface area contributed by atoms with Gasteiger partial charge in [0.05, 0.1) is 11.1 Å². The fraction of sp³-hybridized carbons (Fsp3) is 0.552. The fourth-order valence-electron chi connectivity index (χ4n) is 7.93. The molecule has 5 nitrogen and oxygen atoms in total. The zero-order valence-electron chi connectivity index (χ0n) is 20.8. The maximum atomic E-state index is 15.9. The number of hydrogen-bond donors (Lipinski definition) is 4. The van der Waals surface area contributed by atoms with E-state index in [4.69, 9.17) is 23.2 Å². The molecule has 0 radical (unpaired) electrons. The van der Waals surface area contributed by atoms with Crippen LogP contribution in [0.2, 0.25) is 10.0 Å². The Labute approximate surface area is 227 Å². The molecular formula is C29H34Cl2FN3O2. The first-order valence-corrected chi connectivity index (χ1v) is 14.4. The van der Waals surface area contributed by atoms with Crippen molar-refractivity contribution in [3.05, 3.63) is 63.4 Å². The molecule has 1 amide bonds. The number of halogens is 3. The highest BCUT2D eigenvalue weighted by molar-refractivity contribution is 6.31. The fourth-order valence-corrected chi connectivity index (χ4v) is 8.29. The molecule has 6 rings (SSSR count). The highest BCUT2D eigenvalue weighted by atomic mass is 35.5. The van der Waals surface area contributed by atoms with Crippen LogP contribution in [0.5, 0.6) is 0 Å². The van der Waals surface area contributed by atoms with Crippen LogP contribution < -0.4 is 16.0 Å². The number of benzene rings is 2. The molecule has 2 saturated carbocycles. The second kappa shape index (κ2) is 9.80. The van der Waals surface area contributed by atoms with Crippen molar-refractivity contribution in [2.24, 2.45) is 0 Å². The topological polar surface area (TPSA) is 73.4 Å². The van der Waals surface area contributed by atoms with Crippen molar-refractivity contribution in [3.8, 4) is 0 Å². The maximum Gasteiger partial charge on any atom is 0.237 e. The molecule has 37 heavy (non-hydrogen) atoms. The normalized spacial score (nSPS) is 30.0. The van der Waals surface area contributed by atoms with E-state index >= 15 is 4.39 Å². The zero-order valence-corrected chi connectivity index (χ0v) is 22.3. The molecule has 2 aromatic rings. The lowest BCUT2D eigenvalue weighted by atomic mass is 9.55. The van der Waals surface area contributed by atoms with Gasteiger partial charge in [0.2, 0.25) is 5.91 Å². The predicted octanol–water partition coefficient (Wildman–Crippen LogP) is 6.02. The summed E-state index contributed by atoms with van der Waals surface area (Å²) >= 11 is 12.6.